The largest absolute Gasteiger partial charge is 0.464 e. The number of pyridine rings is 1. The molecule has 0 saturated carbocycles. The standard InChI is InChI=1S/C27H26N4O4/c1-15-9-10-20-18(14-34-25(20)16(15)2)12-23(32)31-30-21-7-4-8-22-24(21)17(3)26(35-22)27(33)29-19-6-5-11-28-13-19/h5-6,9-11,13-14H,4,7-8,12H2,1-3H3,(H,29,33)(H,31,32)/b30-21+. The van der Waals surface area contributed by atoms with Crippen molar-refractivity contribution in [3.05, 3.63) is 82.3 Å². The van der Waals surface area contributed by atoms with Crippen molar-refractivity contribution in [3.63, 3.8) is 0 Å². The predicted octanol–water partition coefficient (Wildman–Crippen LogP) is 5.00. The number of amides is 2. The minimum atomic E-state index is -0.342. The highest BCUT2D eigenvalue weighted by atomic mass is 16.4. The number of benzene rings is 1. The minimum absolute atomic E-state index is 0.155. The second kappa shape index (κ2) is 9.21. The van der Waals surface area contributed by atoms with Crippen molar-refractivity contribution in [2.75, 3.05) is 5.32 Å². The van der Waals surface area contributed by atoms with Crippen LogP contribution in [-0.4, -0.2) is 22.5 Å². The average Bonchev–Trinajstić information content (AvgIpc) is 3.42. The molecule has 1 aromatic carbocycles. The second-order valence-corrected chi connectivity index (χ2v) is 8.82. The van der Waals surface area contributed by atoms with Crippen molar-refractivity contribution in [3.8, 4) is 0 Å². The number of furan rings is 2. The van der Waals surface area contributed by atoms with E-state index >= 15 is 0 Å². The molecule has 8 nitrogen and oxygen atoms in total. The third-order valence-electron chi connectivity index (χ3n) is 6.46. The summed E-state index contributed by atoms with van der Waals surface area (Å²) in [6, 6.07) is 7.52. The van der Waals surface area contributed by atoms with Gasteiger partial charge in [-0.2, -0.15) is 5.10 Å². The maximum atomic E-state index is 12.8. The van der Waals surface area contributed by atoms with E-state index in [0.717, 1.165) is 39.6 Å². The molecule has 2 amide bonds. The van der Waals surface area contributed by atoms with Crippen LogP contribution < -0.4 is 10.7 Å². The van der Waals surface area contributed by atoms with Crippen LogP contribution in [0.1, 0.15) is 57.0 Å². The number of aromatic nitrogens is 1. The van der Waals surface area contributed by atoms with Gasteiger partial charge in [0, 0.05) is 34.7 Å². The maximum Gasteiger partial charge on any atom is 0.291 e. The summed E-state index contributed by atoms with van der Waals surface area (Å²) in [6.07, 6.45) is 7.22. The van der Waals surface area contributed by atoms with Crippen LogP contribution in [0.25, 0.3) is 11.0 Å². The van der Waals surface area contributed by atoms with Crippen LogP contribution in [0.2, 0.25) is 0 Å². The Hall–Kier alpha value is -4.20. The van der Waals surface area contributed by atoms with Crippen molar-refractivity contribution in [1.82, 2.24) is 10.4 Å². The Balaban J connectivity index is 1.33. The van der Waals surface area contributed by atoms with Crippen LogP contribution in [0.15, 0.2) is 56.9 Å². The van der Waals surface area contributed by atoms with E-state index in [2.05, 4.69) is 20.8 Å². The fourth-order valence-corrected chi connectivity index (χ4v) is 4.49. The first kappa shape index (κ1) is 22.6. The lowest BCUT2D eigenvalue weighted by atomic mass is 9.93. The summed E-state index contributed by atoms with van der Waals surface area (Å²) < 4.78 is 11.6. The molecule has 178 valence electrons. The summed E-state index contributed by atoms with van der Waals surface area (Å²) in [4.78, 5) is 29.5. The molecule has 3 aromatic heterocycles. The number of carbonyl (C=O) groups is 2. The van der Waals surface area contributed by atoms with E-state index in [4.69, 9.17) is 8.83 Å². The van der Waals surface area contributed by atoms with E-state index in [1.54, 1.807) is 30.8 Å². The molecule has 0 bridgehead atoms. The number of nitrogens with one attached hydrogen (secondary N) is 2. The zero-order chi connectivity index (χ0) is 24.5. The summed E-state index contributed by atoms with van der Waals surface area (Å²) in [5.74, 6) is 0.381. The number of hydrazone groups is 1. The molecule has 0 saturated heterocycles. The molecule has 1 aliphatic carbocycles. The van der Waals surface area contributed by atoms with Crippen molar-refractivity contribution in [2.45, 2.75) is 46.5 Å². The third-order valence-corrected chi connectivity index (χ3v) is 6.46. The van der Waals surface area contributed by atoms with Gasteiger partial charge in [-0.15, -0.1) is 0 Å². The second-order valence-electron chi connectivity index (χ2n) is 8.82. The molecular weight excluding hydrogens is 444 g/mol. The van der Waals surface area contributed by atoms with Gasteiger partial charge in [0.05, 0.1) is 30.3 Å². The lowest BCUT2D eigenvalue weighted by Crippen LogP contribution is -2.23. The zero-order valence-corrected chi connectivity index (χ0v) is 19.9. The lowest BCUT2D eigenvalue weighted by Gasteiger charge is -2.13. The van der Waals surface area contributed by atoms with E-state index in [-0.39, 0.29) is 24.0 Å². The highest BCUT2D eigenvalue weighted by Gasteiger charge is 2.28. The Morgan fingerprint density at radius 1 is 1.11 bits per heavy atom. The van der Waals surface area contributed by atoms with Gasteiger partial charge in [0.2, 0.25) is 5.91 Å². The van der Waals surface area contributed by atoms with Gasteiger partial charge in [-0.25, -0.2) is 5.43 Å². The van der Waals surface area contributed by atoms with Gasteiger partial charge >= 0.3 is 0 Å². The maximum absolute atomic E-state index is 12.8. The average molecular weight is 471 g/mol. The fourth-order valence-electron chi connectivity index (χ4n) is 4.49. The molecule has 3 heterocycles. The third kappa shape index (κ3) is 4.35. The Morgan fingerprint density at radius 2 is 1.97 bits per heavy atom. The van der Waals surface area contributed by atoms with Crippen LogP contribution in [0.5, 0.6) is 0 Å². The zero-order valence-electron chi connectivity index (χ0n) is 19.9. The Bertz CT molecular complexity index is 1460. The first-order chi connectivity index (χ1) is 16.9. The van der Waals surface area contributed by atoms with E-state index in [0.29, 0.717) is 35.6 Å². The van der Waals surface area contributed by atoms with Gasteiger partial charge in [0.15, 0.2) is 5.76 Å². The Kier molecular flexibility index (Phi) is 5.94. The molecular formula is C27H26N4O4. The van der Waals surface area contributed by atoms with Gasteiger partial charge < -0.3 is 14.2 Å². The van der Waals surface area contributed by atoms with E-state index in [1.807, 2.05) is 32.9 Å². The monoisotopic (exact) mass is 470 g/mol. The van der Waals surface area contributed by atoms with Gasteiger partial charge in [0.25, 0.3) is 5.91 Å². The summed E-state index contributed by atoms with van der Waals surface area (Å²) >= 11 is 0. The number of anilines is 1. The number of carbonyl (C=O) groups excluding carboxylic acids is 2. The van der Waals surface area contributed by atoms with Crippen LogP contribution in [0.4, 0.5) is 5.69 Å². The molecule has 5 rings (SSSR count). The molecule has 4 aromatic rings. The van der Waals surface area contributed by atoms with Crippen LogP contribution in [0, 0.1) is 20.8 Å². The molecule has 0 radical (unpaired) electrons. The quantitative estimate of drug-likeness (QED) is 0.399. The van der Waals surface area contributed by atoms with Crippen molar-refractivity contribution in [2.24, 2.45) is 5.10 Å². The van der Waals surface area contributed by atoms with E-state index in [1.165, 1.54) is 0 Å². The number of aryl methyl sites for hydroxylation is 3. The molecule has 0 atom stereocenters. The summed E-state index contributed by atoms with van der Waals surface area (Å²) in [5, 5.41) is 8.16. The van der Waals surface area contributed by atoms with Crippen LogP contribution >= 0.6 is 0 Å². The molecule has 0 unspecified atom stereocenters. The normalized spacial score (nSPS) is 14.2. The highest BCUT2D eigenvalue weighted by Crippen LogP contribution is 2.30. The fraction of sp³-hybridized carbons (Fsp3) is 0.259. The molecule has 1 aliphatic rings. The summed E-state index contributed by atoms with van der Waals surface area (Å²) in [7, 11) is 0. The molecule has 2 N–H and O–H groups in total. The number of rotatable bonds is 5. The minimum Gasteiger partial charge on any atom is -0.464 e. The molecule has 0 aliphatic heterocycles. The molecule has 0 spiro atoms. The van der Waals surface area contributed by atoms with Crippen LogP contribution in [0.3, 0.4) is 0 Å². The van der Waals surface area contributed by atoms with E-state index in [9.17, 15) is 9.59 Å². The van der Waals surface area contributed by atoms with Crippen LogP contribution in [-0.2, 0) is 17.6 Å². The van der Waals surface area contributed by atoms with Gasteiger partial charge in [0.1, 0.15) is 11.3 Å². The van der Waals surface area contributed by atoms with Crippen molar-refractivity contribution < 1.29 is 18.4 Å². The number of hydrogen-bond donors (Lipinski definition) is 2. The summed E-state index contributed by atoms with van der Waals surface area (Å²) in [6.45, 7) is 5.88. The SMILES string of the molecule is Cc1ccc2c(CC(=O)N/N=C3\CCCc4oc(C(=O)Nc5cccnc5)c(C)c43)coc2c1C. The van der Waals surface area contributed by atoms with Gasteiger partial charge in [-0.05, 0) is 56.9 Å². The van der Waals surface area contributed by atoms with E-state index < -0.39 is 0 Å². The summed E-state index contributed by atoms with van der Waals surface area (Å²) in [5.41, 5.74) is 9.34. The van der Waals surface area contributed by atoms with Gasteiger partial charge in [-0.1, -0.05) is 12.1 Å². The Labute approximate surface area is 202 Å². The first-order valence-corrected chi connectivity index (χ1v) is 11.6. The highest BCUT2D eigenvalue weighted by molar-refractivity contribution is 6.09. The van der Waals surface area contributed by atoms with Gasteiger partial charge in [-0.3, -0.25) is 14.6 Å². The number of hydrogen-bond acceptors (Lipinski definition) is 6. The smallest absolute Gasteiger partial charge is 0.291 e. The topological polar surface area (TPSA) is 110 Å². The number of nitrogens with zero attached hydrogens (tertiary/aromatic N) is 2. The molecule has 8 heteroatoms. The van der Waals surface area contributed by atoms with Crippen molar-refractivity contribution >= 4 is 34.2 Å². The molecule has 0 fully saturated rings. The first-order valence-electron chi connectivity index (χ1n) is 11.6. The predicted molar refractivity (Wildman–Crippen MR) is 133 cm³/mol. The van der Waals surface area contributed by atoms with Crippen molar-refractivity contribution in [1.29, 1.82) is 0 Å². The lowest BCUT2D eigenvalue weighted by molar-refractivity contribution is -0.120. The Morgan fingerprint density at radius 3 is 2.77 bits per heavy atom. The number of fused-ring (bicyclic) bond motifs is 2. The molecule has 35 heavy (non-hydrogen) atoms.